The van der Waals surface area contributed by atoms with Crippen molar-refractivity contribution in [3.05, 3.63) is 49.6 Å². The second-order valence-electron chi connectivity index (χ2n) is 3.23. The Hall–Kier alpha value is -0.180. The fourth-order valence-corrected chi connectivity index (χ4v) is 2.57. The summed E-state index contributed by atoms with van der Waals surface area (Å²) in [7, 11) is 0. The highest BCUT2D eigenvalue weighted by atomic mass is 35.5. The lowest BCUT2D eigenvalue weighted by Gasteiger charge is -2.08. The molecule has 1 aromatic carbocycles. The van der Waals surface area contributed by atoms with Gasteiger partial charge >= 0.3 is 0 Å². The zero-order valence-corrected chi connectivity index (χ0v) is 11.9. The van der Waals surface area contributed by atoms with E-state index in [0.29, 0.717) is 36.2 Å². The van der Waals surface area contributed by atoms with E-state index in [0.717, 1.165) is 0 Å². The van der Waals surface area contributed by atoms with Gasteiger partial charge in [-0.3, -0.25) is 4.98 Å². The molecule has 0 aliphatic carbocycles. The van der Waals surface area contributed by atoms with Crippen LogP contribution < -0.4 is 0 Å². The van der Waals surface area contributed by atoms with E-state index in [4.69, 9.17) is 58.0 Å². The molecule has 1 heterocycles. The summed E-state index contributed by atoms with van der Waals surface area (Å²) in [5.74, 6) is 0. The molecule has 88 valence electrons. The van der Waals surface area contributed by atoms with Crippen molar-refractivity contribution < 1.29 is 0 Å². The molecule has 0 fully saturated rings. The maximum Gasteiger partial charge on any atom is 0.0778 e. The van der Waals surface area contributed by atoms with Gasteiger partial charge in [-0.25, -0.2) is 0 Å². The van der Waals surface area contributed by atoms with Gasteiger partial charge in [-0.15, -0.1) is 0 Å². The van der Waals surface area contributed by atoms with E-state index >= 15 is 0 Å². The molecule has 1 nitrogen and oxygen atoms in total. The molecule has 1 aromatic heterocycles. The van der Waals surface area contributed by atoms with Crippen LogP contribution in [0.2, 0.25) is 25.1 Å². The van der Waals surface area contributed by atoms with E-state index in [9.17, 15) is 0 Å². The molecule has 6 heteroatoms. The molecule has 0 bridgehead atoms. The second-order valence-corrected chi connectivity index (χ2v) is 5.24. The van der Waals surface area contributed by atoms with Gasteiger partial charge in [0.2, 0.25) is 0 Å². The molecular weight excluding hydrogens is 323 g/mol. The predicted molar refractivity (Wildman–Crippen MR) is 74.7 cm³/mol. The van der Waals surface area contributed by atoms with Crippen molar-refractivity contribution >= 4 is 58.0 Å². The van der Waals surface area contributed by atoms with Crippen molar-refractivity contribution in [1.29, 1.82) is 0 Å². The minimum Gasteiger partial charge on any atom is -0.262 e. The Morgan fingerprint density at radius 3 is 1.65 bits per heavy atom. The molecule has 0 unspecified atom stereocenters. The van der Waals surface area contributed by atoms with Crippen molar-refractivity contribution in [2.45, 2.75) is 0 Å². The average molecular weight is 327 g/mol. The average Bonchev–Trinajstić information content (AvgIpc) is 2.25. The van der Waals surface area contributed by atoms with Crippen molar-refractivity contribution in [3.8, 4) is 11.1 Å². The Labute approximate surface area is 123 Å². The first-order chi connectivity index (χ1) is 8.00. The van der Waals surface area contributed by atoms with E-state index in [1.54, 1.807) is 12.1 Å². The molecule has 0 atom stereocenters. The Balaban J connectivity index is 2.69. The van der Waals surface area contributed by atoms with Crippen LogP contribution in [0.15, 0.2) is 24.5 Å². The van der Waals surface area contributed by atoms with Crippen LogP contribution in [0.4, 0.5) is 0 Å². The summed E-state index contributed by atoms with van der Waals surface area (Å²) >= 11 is 29.9. The van der Waals surface area contributed by atoms with Gasteiger partial charge in [0.05, 0.1) is 25.1 Å². The summed E-state index contributed by atoms with van der Waals surface area (Å²) in [6.07, 6.45) is 3.00. The molecule has 0 spiro atoms. The van der Waals surface area contributed by atoms with Crippen molar-refractivity contribution in [1.82, 2.24) is 4.98 Å². The lowest BCUT2D eigenvalue weighted by Crippen LogP contribution is -1.85. The van der Waals surface area contributed by atoms with E-state index in [1.165, 1.54) is 12.4 Å². The number of rotatable bonds is 1. The van der Waals surface area contributed by atoms with E-state index in [1.807, 2.05) is 0 Å². The first kappa shape index (κ1) is 13.3. The van der Waals surface area contributed by atoms with E-state index < -0.39 is 0 Å². The van der Waals surface area contributed by atoms with Gasteiger partial charge in [-0.1, -0.05) is 58.0 Å². The molecule has 2 rings (SSSR count). The Bertz CT molecular complexity index is 539. The van der Waals surface area contributed by atoms with Gasteiger partial charge in [0, 0.05) is 18.0 Å². The summed E-state index contributed by atoms with van der Waals surface area (Å²) in [5.41, 5.74) is 1.32. The number of hydrogen-bond acceptors (Lipinski definition) is 1. The lowest BCUT2D eigenvalue weighted by molar-refractivity contribution is 1.33. The maximum absolute atomic E-state index is 6.04. The standard InChI is InChI=1S/C11H4Cl5N/c12-6-1-5(2-7(13)11(6)16)10-8(14)3-17-4-9(10)15/h1-4H. The zero-order valence-electron chi connectivity index (χ0n) is 8.15. The van der Waals surface area contributed by atoms with Crippen LogP contribution in [0, 0.1) is 0 Å². The van der Waals surface area contributed by atoms with Crippen molar-refractivity contribution in [2.75, 3.05) is 0 Å². The minimum atomic E-state index is 0.304. The third kappa shape index (κ3) is 2.64. The molecular formula is C11H4Cl5N. The smallest absolute Gasteiger partial charge is 0.0778 e. The quantitative estimate of drug-likeness (QED) is 0.584. The summed E-state index contributed by atoms with van der Waals surface area (Å²) in [5, 5.41) is 1.84. The zero-order chi connectivity index (χ0) is 12.6. The first-order valence-electron chi connectivity index (χ1n) is 4.44. The van der Waals surface area contributed by atoms with E-state index in [-0.39, 0.29) is 0 Å². The van der Waals surface area contributed by atoms with Crippen LogP contribution in [0.5, 0.6) is 0 Å². The van der Waals surface area contributed by atoms with Crippen LogP contribution in [0.25, 0.3) is 11.1 Å². The number of benzene rings is 1. The Morgan fingerprint density at radius 2 is 1.18 bits per heavy atom. The summed E-state index contributed by atoms with van der Waals surface area (Å²) in [6.45, 7) is 0. The molecule has 17 heavy (non-hydrogen) atoms. The molecule has 2 aromatic rings. The molecule has 0 aliphatic rings. The monoisotopic (exact) mass is 325 g/mol. The van der Waals surface area contributed by atoms with Crippen LogP contribution in [-0.2, 0) is 0 Å². The fourth-order valence-electron chi connectivity index (χ4n) is 1.39. The SMILES string of the molecule is Clc1cc(-c2c(Cl)cncc2Cl)cc(Cl)c1Cl. The van der Waals surface area contributed by atoms with Gasteiger partial charge in [0.15, 0.2) is 0 Å². The Morgan fingerprint density at radius 1 is 0.706 bits per heavy atom. The van der Waals surface area contributed by atoms with Crippen LogP contribution in [0.3, 0.4) is 0 Å². The molecule has 0 radical (unpaired) electrons. The Kier molecular flexibility index (Phi) is 4.06. The summed E-state index contributed by atoms with van der Waals surface area (Å²) in [6, 6.07) is 3.31. The third-order valence-corrected chi connectivity index (χ3v) is 3.90. The molecule has 0 aliphatic heterocycles. The topological polar surface area (TPSA) is 12.9 Å². The molecule has 0 N–H and O–H groups in total. The second kappa shape index (κ2) is 5.21. The number of aromatic nitrogens is 1. The van der Waals surface area contributed by atoms with E-state index in [2.05, 4.69) is 4.98 Å². The number of halogens is 5. The van der Waals surface area contributed by atoms with Gasteiger partial charge in [-0.05, 0) is 17.7 Å². The fraction of sp³-hybridized carbons (Fsp3) is 0. The number of pyridine rings is 1. The van der Waals surface area contributed by atoms with Crippen LogP contribution >= 0.6 is 58.0 Å². The van der Waals surface area contributed by atoms with Gasteiger partial charge in [0.25, 0.3) is 0 Å². The third-order valence-electron chi connectivity index (χ3n) is 2.13. The highest BCUT2D eigenvalue weighted by molar-refractivity contribution is 6.48. The van der Waals surface area contributed by atoms with Crippen molar-refractivity contribution in [2.24, 2.45) is 0 Å². The molecule has 0 saturated carbocycles. The minimum absolute atomic E-state index is 0.304. The van der Waals surface area contributed by atoms with Crippen molar-refractivity contribution in [3.63, 3.8) is 0 Å². The normalized spacial score (nSPS) is 10.6. The molecule has 0 amide bonds. The first-order valence-corrected chi connectivity index (χ1v) is 6.33. The van der Waals surface area contributed by atoms with Gasteiger partial charge in [0.1, 0.15) is 0 Å². The predicted octanol–water partition coefficient (Wildman–Crippen LogP) is 6.02. The summed E-state index contributed by atoms with van der Waals surface area (Å²) in [4.78, 5) is 3.88. The van der Waals surface area contributed by atoms with Gasteiger partial charge in [-0.2, -0.15) is 0 Å². The highest BCUT2D eigenvalue weighted by Crippen LogP contribution is 2.39. The van der Waals surface area contributed by atoms with Crippen LogP contribution in [0.1, 0.15) is 0 Å². The number of hydrogen-bond donors (Lipinski definition) is 0. The number of nitrogens with zero attached hydrogens (tertiary/aromatic N) is 1. The van der Waals surface area contributed by atoms with Gasteiger partial charge < -0.3 is 0 Å². The lowest BCUT2D eigenvalue weighted by atomic mass is 10.1. The maximum atomic E-state index is 6.04. The van der Waals surface area contributed by atoms with Crippen LogP contribution in [-0.4, -0.2) is 4.98 Å². The largest absolute Gasteiger partial charge is 0.262 e. The summed E-state index contributed by atoms with van der Waals surface area (Å²) < 4.78 is 0. The molecule has 0 saturated heterocycles. The highest BCUT2D eigenvalue weighted by Gasteiger charge is 2.13.